The van der Waals surface area contributed by atoms with E-state index in [-0.39, 0.29) is 6.04 Å². The molecule has 1 aromatic carbocycles. The summed E-state index contributed by atoms with van der Waals surface area (Å²) in [5.41, 5.74) is 1.21. The van der Waals surface area contributed by atoms with Crippen molar-refractivity contribution in [3.05, 3.63) is 29.8 Å². The van der Waals surface area contributed by atoms with Crippen LogP contribution in [0.2, 0.25) is 0 Å². The average Bonchev–Trinajstić information content (AvgIpc) is 2.37. The highest BCUT2D eigenvalue weighted by Gasteiger charge is 2.04. The summed E-state index contributed by atoms with van der Waals surface area (Å²) in [6.07, 6.45) is 0.542. The third kappa shape index (κ3) is 5.20. The van der Waals surface area contributed by atoms with Gasteiger partial charge in [0.1, 0.15) is 5.75 Å². The highest BCUT2D eigenvalue weighted by Crippen LogP contribution is 2.18. The van der Waals surface area contributed by atoms with Gasteiger partial charge in [0.15, 0.2) is 0 Å². The quantitative estimate of drug-likeness (QED) is 0.751. The smallest absolute Gasteiger partial charge is 0.119 e. The molecule has 0 saturated carbocycles. The van der Waals surface area contributed by atoms with Crippen molar-refractivity contribution in [2.75, 3.05) is 13.2 Å². The monoisotopic (exact) mass is 246 g/mol. The van der Waals surface area contributed by atoms with Gasteiger partial charge in [-0.2, -0.15) is 5.26 Å². The Labute approximate surface area is 110 Å². The standard InChI is InChI=1S/C15H22N2O/c1-12(2)11-18-15-7-5-14(6-8-15)13(3)17-10-4-9-16/h5-8,12-13,17H,4,10-11H2,1-3H3. The molecule has 1 rings (SSSR count). The summed E-state index contributed by atoms with van der Waals surface area (Å²) in [6.45, 7) is 7.84. The predicted octanol–water partition coefficient (Wildman–Crippen LogP) is 3.29. The summed E-state index contributed by atoms with van der Waals surface area (Å²) in [4.78, 5) is 0. The number of benzene rings is 1. The number of hydrogen-bond acceptors (Lipinski definition) is 3. The molecule has 0 aliphatic heterocycles. The third-order valence-electron chi connectivity index (χ3n) is 2.65. The summed E-state index contributed by atoms with van der Waals surface area (Å²) >= 11 is 0. The molecule has 0 amide bonds. The fourth-order valence-electron chi connectivity index (χ4n) is 1.58. The highest BCUT2D eigenvalue weighted by molar-refractivity contribution is 5.28. The van der Waals surface area contributed by atoms with E-state index in [4.69, 9.17) is 10.00 Å². The zero-order chi connectivity index (χ0) is 13.4. The van der Waals surface area contributed by atoms with Crippen molar-refractivity contribution in [2.45, 2.75) is 33.2 Å². The van der Waals surface area contributed by atoms with Crippen LogP contribution in [-0.2, 0) is 0 Å². The fraction of sp³-hybridized carbons (Fsp3) is 0.533. The minimum Gasteiger partial charge on any atom is -0.493 e. The van der Waals surface area contributed by atoms with E-state index in [0.29, 0.717) is 12.3 Å². The minimum absolute atomic E-state index is 0.262. The van der Waals surface area contributed by atoms with Gasteiger partial charge < -0.3 is 10.1 Å². The average molecular weight is 246 g/mol. The zero-order valence-corrected chi connectivity index (χ0v) is 11.4. The molecule has 0 radical (unpaired) electrons. The van der Waals surface area contributed by atoms with Crippen molar-refractivity contribution in [3.8, 4) is 11.8 Å². The minimum atomic E-state index is 0.262. The van der Waals surface area contributed by atoms with Gasteiger partial charge in [0.2, 0.25) is 0 Å². The molecule has 0 aromatic heterocycles. The Balaban J connectivity index is 2.46. The van der Waals surface area contributed by atoms with Crippen LogP contribution in [0.25, 0.3) is 0 Å². The lowest BCUT2D eigenvalue weighted by Gasteiger charge is -2.14. The van der Waals surface area contributed by atoms with Gasteiger partial charge in [-0.05, 0) is 30.5 Å². The first-order valence-corrected chi connectivity index (χ1v) is 6.46. The van der Waals surface area contributed by atoms with E-state index in [1.54, 1.807) is 0 Å². The molecule has 0 bridgehead atoms. The summed E-state index contributed by atoms with van der Waals surface area (Å²) in [5, 5.41) is 11.8. The van der Waals surface area contributed by atoms with Gasteiger partial charge in [0.25, 0.3) is 0 Å². The third-order valence-corrected chi connectivity index (χ3v) is 2.65. The number of hydrogen-bond donors (Lipinski definition) is 1. The topological polar surface area (TPSA) is 45.0 Å². The molecule has 1 N–H and O–H groups in total. The van der Waals surface area contributed by atoms with Crippen LogP contribution >= 0.6 is 0 Å². The number of rotatable bonds is 7. The van der Waals surface area contributed by atoms with E-state index in [2.05, 4.69) is 44.3 Å². The molecule has 0 saturated heterocycles. The van der Waals surface area contributed by atoms with Gasteiger partial charge in [0, 0.05) is 19.0 Å². The molecule has 1 unspecified atom stereocenters. The van der Waals surface area contributed by atoms with Crippen LogP contribution in [0, 0.1) is 17.2 Å². The SMILES string of the molecule is CC(C)COc1ccc(C(C)NCCC#N)cc1. The van der Waals surface area contributed by atoms with Crippen molar-refractivity contribution < 1.29 is 4.74 Å². The first-order chi connectivity index (χ1) is 8.63. The summed E-state index contributed by atoms with van der Waals surface area (Å²) < 4.78 is 5.64. The van der Waals surface area contributed by atoms with Crippen LogP contribution in [0.1, 0.15) is 38.8 Å². The van der Waals surface area contributed by atoms with Gasteiger partial charge in [-0.15, -0.1) is 0 Å². The molecule has 98 valence electrons. The van der Waals surface area contributed by atoms with Gasteiger partial charge in [-0.3, -0.25) is 0 Å². The van der Waals surface area contributed by atoms with Crippen molar-refractivity contribution in [1.82, 2.24) is 5.32 Å². The Morgan fingerprint density at radius 2 is 1.89 bits per heavy atom. The van der Waals surface area contributed by atoms with Crippen molar-refractivity contribution >= 4 is 0 Å². The Morgan fingerprint density at radius 1 is 1.22 bits per heavy atom. The van der Waals surface area contributed by atoms with Gasteiger partial charge in [0.05, 0.1) is 12.7 Å². The van der Waals surface area contributed by atoms with Crippen molar-refractivity contribution in [1.29, 1.82) is 5.26 Å². The maximum absolute atomic E-state index is 8.48. The lowest BCUT2D eigenvalue weighted by Crippen LogP contribution is -2.19. The maximum Gasteiger partial charge on any atom is 0.119 e. The fourth-order valence-corrected chi connectivity index (χ4v) is 1.58. The number of ether oxygens (including phenoxy) is 1. The Kier molecular flexibility index (Phi) is 6.24. The Morgan fingerprint density at radius 3 is 2.44 bits per heavy atom. The second-order valence-corrected chi connectivity index (χ2v) is 4.86. The first-order valence-electron chi connectivity index (χ1n) is 6.46. The molecule has 0 spiro atoms. The van der Waals surface area contributed by atoms with E-state index in [9.17, 15) is 0 Å². The largest absolute Gasteiger partial charge is 0.493 e. The lowest BCUT2D eigenvalue weighted by atomic mass is 10.1. The normalized spacial score (nSPS) is 12.2. The highest BCUT2D eigenvalue weighted by atomic mass is 16.5. The van der Waals surface area contributed by atoms with Crippen LogP contribution in [0.15, 0.2) is 24.3 Å². The van der Waals surface area contributed by atoms with Gasteiger partial charge in [-0.25, -0.2) is 0 Å². The molecule has 3 nitrogen and oxygen atoms in total. The Hall–Kier alpha value is -1.53. The second-order valence-electron chi connectivity index (χ2n) is 4.86. The van der Waals surface area contributed by atoms with E-state index in [1.165, 1.54) is 5.56 Å². The van der Waals surface area contributed by atoms with E-state index in [0.717, 1.165) is 18.9 Å². The van der Waals surface area contributed by atoms with E-state index >= 15 is 0 Å². The van der Waals surface area contributed by atoms with E-state index in [1.807, 2.05) is 12.1 Å². The van der Waals surface area contributed by atoms with Crippen LogP contribution in [0.3, 0.4) is 0 Å². The van der Waals surface area contributed by atoms with E-state index < -0.39 is 0 Å². The molecular weight excluding hydrogens is 224 g/mol. The molecule has 0 aliphatic carbocycles. The van der Waals surface area contributed by atoms with Gasteiger partial charge in [-0.1, -0.05) is 26.0 Å². The summed E-state index contributed by atoms with van der Waals surface area (Å²) in [6, 6.07) is 10.5. The molecule has 1 aromatic rings. The molecular formula is C15H22N2O. The molecule has 1 atom stereocenters. The molecule has 0 aliphatic rings. The number of nitriles is 1. The van der Waals surface area contributed by atoms with Crippen LogP contribution < -0.4 is 10.1 Å². The first kappa shape index (κ1) is 14.5. The number of nitrogens with one attached hydrogen (secondary N) is 1. The maximum atomic E-state index is 8.48. The molecule has 0 fully saturated rings. The van der Waals surface area contributed by atoms with Crippen molar-refractivity contribution in [2.24, 2.45) is 5.92 Å². The number of nitrogens with zero attached hydrogens (tertiary/aromatic N) is 1. The molecule has 3 heteroatoms. The molecule has 18 heavy (non-hydrogen) atoms. The summed E-state index contributed by atoms with van der Waals surface area (Å²) in [7, 11) is 0. The predicted molar refractivity (Wildman–Crippen MR) is 73.4 cm³/mol. The Bertz CT molecular complexity index is 378. The zero-order valence-electron chi connectivity index (χ0n) is 11.4. The van der Waals surface area contributed by atoms with Crippen LogP contribution in [0.4, 0.5) is 0 Å². The van der Waals surface area contributed by atoms with Gasteiger partial charge >= 0.3 is 0 Å². The van der Waals surface area contributed by atoms with Crippen LogP contribution in [-0.4, -0.2) is 13.2 Å². The second kappa shape index (κ2) is 7.73. The van der Waals surface area contributed by atoms with Crippen LogP contribution in [0.5, 0.6) is 5.75 Å². The lowest BCUT2D eigenvalue weighted by molar-refractivity contribution is 0.271. The van der Waals surface area contributed by atoms with Crippen molar-refractivity contribution in [3.63, 3.8) is 0 Å². The summed E-state index contributed by atoms with van der Waals surface area (Å²) in [5.74, 6) is 1.45. The molecule has 0 heterocycles.